The van der Waals surface area contributed by atoms with Crippen LogP contribution in [-0.2, 0) is 0 Å². The second-order valence-electron chi connectivity index (χ2n) is 5.21. The third-order valence-corrected chi connectivity index (χ3v) is 4.73. The van der Waals surface area contributed by atoms with Crippen LogP contribution < -0.4 is 11.1 Å². The van der Waals surface area contributed by atoms with Gasteiger partial charge in [0.25, 0.3) is 5.91 Å². The third-order valence-electron chi connectivity index (χ3n) is 3.83. The summed E-state index contributed by atoms with van der Waals surface area (Å²) in [6.07, 6.45) is 4.12. The number of halogens is 2. The van der Waals surface area contributed by atoms with Gasteiger partial charge in [-0.25, -0.2) is 4.39 Å². The van der Waals surface area contributed by atoms with Gasteiger partial charge in [-0.2, -0.15) is 0 Å². The molecule has 21 heavy (non-hydrogen) atoms. The summed E-state index contributed by atoms with van der Waals surface area (Å²) in [5.41, 5.74) is 5.36. The Kier molecular flexibility index (Phi) is 5.02. The first-order chi connectivity index (χ1) is 9.98. The van der Waals surface area contributed by atoms with Crippen molar-refractivity contribution < 1.29 is 14.4 Å². The summed E-state index contributed by atoms with van der Waals surface area (Å²) >= 11 is 1.92. The first kappa shape index (κ1) is 16.0. The number of amides is 1. The highest BCUT2D eigenvalue weighted by molar-refractivity contribution is 14.1. The number of benzene rings is 1. The molecule has 0 aromatic heterocycles. The third kappa shape index (κ3) is 3.45. The van der Waals surface area contributed by atoms with Crippen molar-refractivity contribution in [2.75, 3.05) is 0 Å². The summed E-state index contributed by atoms with van der Waals surface area (Å²) in [5.74, 6) is -0.708. The zero-order valence-corrected chi connectivity index (χ0v) is 13.6. The van der Waals surface area contributed by atoms with E-state index in [1.165, 1.54) is 18.2 Å². The van der Waals surface area contributed by atoms with Crippen LogP contribution >= 0.6 is 22.6 Å². The van der Waals surface area contributed by atoms with Crippen LogP contribution in [0.5, 0.6) is 0 Å². The molecule has 0 bridgehead atoms. The predicted octanol–water partition coefficient (Wildman–Crippen LogP) is 2.61. The first-order valence-corrected chi connectivity index (χ1v) is 7.82. The van der Waals surface area contributed by atoms with Crippen molar-refractivity contribution in [2.24, 2.45) is 10.9 Å². The molecule has 4 N–H and O–H groups in total. The zero-order chi connectivity index (χ0) is 15.5. The van der Waals surface area contributed by atoms with Gasteiger partial charge in [-0.1, -0.05) is 24.4 Å². The lowest BCUT2D eigenvalue weighted by atomic mass is 9.80. The smallest absolute Gasteiger partial charge is 0.253 e. The molecule has 0 aliphatic heterocycles. The fourth-order valence-electron chi connectivity index (χ4n) is 2.65. The van der Waals surface area contributed by atoms with E-state index in [1.807, 2.05) is 22.6 Å². The van der Waals surface area contributed by atoms with Crippen LogP contribution in [0.25, 0.3) is 0 Å². The van der Waals surface area contributed by atoms with Gasteiger partial charge < -0.3 is 16.3 Å². The van der Waals surface area contributed by atoms with Crippen molar-refractivity contribution in [3.05, 3.63) is 33.1 Å². The number of amidine groups is 1. The van der Waals surface area contributed by atoms with E-state index in [4.69, 9.17) is 10.9 Å². The number of carbonyl (C=O) groups is 1. The molecule has 1 aromatic carbocycles. The summed E-state index contributed by atoms with van der Waals surface area (Å²) in [6.45, 7) is 0. The van der Waals surface area contributed by atoms with Gasteiger partial charge in [0.05, 0.1) is 5.56 Å². The molecule has 7 heteroatoms. The average molecular weight is 405 g/mol. The van der Waals surface area contributed by atoms with Gasteiger partial charge >= 0.3 is 0 Å². The predicted molar refractivity (Wildman–Crippen MR) is 85.8 cm³/mol. The minimum Gasteiger partial charge on any atom is -0.409 e. The van der Waals surface area contributed by atoms with Gasteiger partial charge in [0.15, 0.2) is 5.84 Å². The molecular weight excluding hydrogens is 388 g/mol. The lowest BCUT2D eigenvalue weighted by molar-refractivity contribution is 0.0904. The van der Waals surface area contributed by atoms with Gasteiger partial charge in [0.2, 0.25) is 0 Å². The number of nitrogens with two attached hydrogens (primary N) is 1. The van der Waals surface area contributed by atoms with E-state index >= 15 is 0 Å². The minimum absolute atomic E-state index is 0.0210. The summed E-state index contributed by atoms with van der Waals surface area (Å²) < 4.78 is 13.6. The quantitative estimate of drug-likeness (QED) is 0.238. The molecule has 1 aliphatic rings. The number of nitrogens with zero attached hydrogens (tertiary/aromatic N) is 1. The van der Waals surface area contributed by atoms with E-state index in [0.717, 1.165) is 19.3 Å². The van der Waals surface area contributed by atoms with E-state index in [1.54, 1.807) is 0 Å². The van der Waals surface area contributed by atoms with Crippen LogP contribution in [-0.4, -0.2) is 22.5 Å². The van der Waals surface area contributed by atoms with Crippen LogP contribution in [0.4, 0.5) is 4.39 Å². The molecule has 5 nitrogen and oxygen atoms in total. The van der Waals surface area contributed by atoms with E-state index in [0.29, 0.717) is 22.0 Å². The summed E-state index contributed by atoms with van der Waals surface area (Å²) in [5, 5.41) is 15.0. The fourth-order valence-corrected chi connectivity index (χ4v) is 3.38. The Bertz CT molecular complexity index is 571. The molecule has 1 amide bonds. The molecule has 1 aromatic rings. The van der Waals surface area contributed by atoms with E-state index in [2.05, 4.69) is 10.5 Å². The monoisotopic (exact) mass is 405 g/mol. The minimum atomic E-state index is -0.818. The number of rotatable bonds is 3. The molecule has 1 fully saturated rings. The van der Waals surface area contributed by atoms with Crippen molar-refractivity contribution in [2.45, 2.75) is 37.6 Å². The maximum Gasteiger partial charge on any atom is 0.253 e. The van der Waals surface area contributed by atoms with Crippen LogP contribution in [0.15, 0.2) is 23.4 Å². The highest BCUT2D eigenvalue weighted by Gasteiger charge is 2.38. The molecule has 1 aliphatic carbocycles. The number of nitrogens with one attached hydrogen (secondary N) is 1. The molecule has 2 rings (SSSR count). The Labute approximate surface area is 135 Å². The highest BCUT2D eigenvalue weighted by atomic mass is 127. The van der Waals surface area contributed by atoms with Crippen molar-refractivity contribution in [1.29, 1.82) is 0 Å². The van der Waals surface area contributed by atoms with Crippen molar-refractivity contribution in [1.82, 2.24) is 5.32 Å². The largest absolute Gasteiger partial charge is 0.409 e. The van der Waals surface area contributed by atoms with Crippen LogP contribution in [0.2, 0.25) is 0 Å². The lowest BCUT2D eigenvalue weighted by Crippen LogP contribution is -2.58. The number of hydrogen-bond donors (Lipinski definition) is 3. The van der Waals surface area contributed by atoms with Gasteiger partial charge in [-0.3, -0.25) is 4.79 Å². The molecular formula is C14H17FIN3O2. The average Bonchev–Trinajstić information content (AvgIpc) is 2.47. The van der Waals surface area contributed by atoms with E-state index < -0.39 is 5.54 Å². The van der Waals surface area contributed by atoms with Gasteiger partial charge in [0, 0.05) is 3.57 Å². The Morgan fingerprint density at radius 3 is 2.62 bits per heavy atom. The Hall–Kier alpha value is -1.38. The molecule has 1 saturated carbocycles. The SMILES string of the molecule is N/C(=N/O)C1(NC(=O)c2ccc(F)cc2I)CCCCC1. The second-order valence-corrected chi connectivity index (χ2v) is 6.37. The zero-order valence-electron chi connectivity index (χ0n) is 11.4. The summed E-state index contributed by atoms with van der Waals surface area (Å²) in [7, 11) is 0. The molecule has 0 radical (unpaired) electrons. The highest BCUT2D eigenvalue weighted by Crippen LogP contribution is 2.29. The van der Waals surface area contributed by atoms with Crippen molar-refractivity contribution >= 4 is 34.3 Å². The Morgan fingerprint density at radius 1 is 1.38 bits per heavy atom. The van der Waals surface area contributed by atoms with Crippen LogP contribution in [0, 0.1) is 9.39 Å². The lowest BCUT2D eigenvalue weighted by Gasteiger charge is -2.36. The maximum atomic E-state index is 13.1. The van der Waals surface area contributed by atoms with Crippen molar-refractivity contribution in [3.63, 3.8) is 0 Å². The molecule has 0 spiro atoms. The standard InChI is InChI=1S/C14H17FIN3O2/c15-9-4-5-10(11(16)8-9)12(20)18-14(13(17)19-21)6-2-1-3-7-14/h4-5,8,21H,1-3,6-7H2,(H2,17,19)(H,18,20). The number of carbonyl (C=O) groups excluding carboxylic acids is 1. The van der Waals surface area contributed by atoms with Crippen LogP contribution in [0.1, 0.15) is 42.5 Å². The topological polar surface area (TPSA) is 87.7 Å². The summed E-state index contributed by atoms with van der Waals surface area (Å²) in [4.78, 5) is 12.4. The molecule has 114 valence electrons. The molecule has 0 heterocycles. The number of hydrogen-bond acceptors (Lipinski definition) is 3. The van der Waals surface area contributed by atoms with Gasteiger partial charge in [-0.05, 0) is 53.6 Å². The van der Waals surface area contributed by atoms with E-state index in [9.17, 15) is 9.18 Å². The molecule has 0 saturated heterocycles. The Morgan fingerprint density at radius 2 is 2.05 bits per heavy atom. The van der Waals surface area contributed by atoms with Crippen molar-refractivity contribution in [3.8, 4) is 0 Å². The first-order valence-electron chi connectivity index (χ1n) is 6.74. The fraction of sp³-hybridized carbons (Fsp3) is 0.429. The van der Waals surface area contributed by atoms with Gasteiger partial charge in [0.1, 0.15) is 11.4 Å². The van der Waals surface area contributed by atoms with Crippen LogP contribution in [0.3, 0.4) is 0 Å². The second kappa shape index (κ2) is 6.59. The normalized spacial score (nSPS) is 18.3. The number of oxime groups is 1. The maximum absolute atomic E-state index is 13.1. The van der Waals surface area contributed by atoms with E-state index in [-0.39, 0.29) is 17.6 Å². The molecule has 0 atom stereocenters. The Balaban J connectivity index is 2.26. The summed E-state index contributed by atoms with van der Waals surface area (Å²) in [6, 6.07) is 3.98. The molecule has 0 unspecified atom stereocenters. The van der Waals surface area contributed by atoms with Gasteiger partial charge in [-0.15, -0.1) is 0 Å².